The van der Waals surface area contributed by atoms with Gasteiger partial charge in [0.15, 0.2) is 0 Å². The fourth-order valence-electron chi connectivity index (χ4n) is 1.59. The minimum absolute atomic E-state index is 0.536. The Morgan fingerprint density at radius 2 is 2.13 bits per heavy atom. The Morgan fingerprint density at radius 1 is 1.40 bits per heavy atom. The maximum absolute atomic E-state index is 9.68. The van der Waals surface area contributed by atoms with Crippen LogP contribution in [0.2, 0.25) is 0 Å². The predicted molar refractivity (Wildman–Crippen MR) is 59.6 cm³/mol. The lowest BCUT2D eigenvalue weighted by Crippen LogP contribution is -2.21. The molecule has 0 radical (unpaired) electrons. The van der Waals surface area contributed by atoms with Gasteiger partial charge in [0, 0.05) is 24.5 Å². The van der Waals surface area contributed by atoms with E-state index in [9.17, 15) is 5.11 Å². The van der Waals surface area contributed by atoms with Crippen molar-refractivity contribution in [1.82, 2.24) is 9.38 Å². The summed E-state index contributed by atoms with van der Waals surface area (Å²) in [4.78, 5) is 4.39. The highest BCUT2D eigenvalue weighted by Gasteiger charge is 2.15. The molecule has 2 aromatic heterocycles. The standard InChI is InChI=1S/C11H15N3O/c1-11(2,15)5-9-7-14-6-8(12)3-4-10(14)13-9/h3-4,6-7,15H,5,12H2,1-2H3. The van der Waals surface area contributed by atoms with Crippen molar-refractivity contribution in [2.75, 3.05) is 5.73 Å². The average molecular weight is 205 g/mol. The summed E-state index contributed by atoms with van der Waals surface area (Å²) in [6.07, 6.45) is 4.24. The third-order valence-electron chi connectivity index (χ3n) is 2.14. The molecule has 0 spiro atoms. The summed E-state index contributed by atoms with van der Waals surface area (Å²) in [5.41, 5.74) is 7.35. The number of fused-ring (bicyclic) bond motifs is 1. The van der Waals surface area contributed by atoms with E-state index in [0.29, 0.717) is 12.1 Å². The summed E-state index contributed by atoms with van der Waals surface area (Å²) in [7, 11) is 0. The van der Waals surface area contributed by atoms with Crippen LogP contribution in [0.25, 0.3) is 5.65 Å². The number of aromatic nitrogens is 2. The van der Waals surface area contributed by atoms with Gasteiger partial charge in [0.2, 0.25) is 0 Å². The number of hydrogen-bond donors (Lipinski definition) is 2. The molecule has 0 atom stereocenters. The van der Waals surface area contributed by atoms with Crippen LogP contribution in [0.4, 0.5) is 5.69 Å². The molecule has 0 aromatic carbocycles. The maximum Gasteiger partial charge on any atom is 0.137 e. The van der Waals surface area contributed by atoms with Crippen LogP contribution < -0.4 is 5.73 Å². The molecule has 0 aliphatic heterocycles. The Kier molecular flexibility index (Phi) is 2.16. The minimum atomic E-state index is -0.733. The lowest BCUT2D eigenvalue weighted by molar-refractivity contribution is 0.0801. The van der Waals surface area contributed by atoms with Crippen LogP contribution in [0.1, 0.15) is 19.5 Å². The number of nitrogens with two attached hydrogens (primary N) is 1. The van der Waals surface area contributed by atoms with Gasteiger partial charge in [0.05, 0.1) is 11.3 Å². The van der Waals surface area contributed by atoms with Crippen molar-refractivity contribution in [3.05, 3.63) is 30.2 Å². The van der Waals surface area contributed by atoms with Crippen LogP contribution in [-0.4, -0.2) is 20.1 Å². The summed E-state index contributed by atoms with van der Waals surface area (Å²) < 4.78 is 1.87. The number of aliphatic hydroxyl groups is 1. The van der Waals surface area contributed by atoms with Gasteiger partial charge in [-0.1, -0.05) is 0 Å². The Bertz CT molecular complexity index is 482. The van der Waals surface area contributed by atoms with Gasteiger partial charge in [-0.15, -0.1) is 0 Å². The zero-order valence-electron chi connectivity index (χ0n) is 8.94. The third kappa shape index (κ3) is 2.27. The Hall–Kier alpha value is -1.55. The number of imidazole rings is 1. The Morgan fingerprint density at radius 3 is 2.80 bits per heavy atom. The quantitative estimate of drug-likeness (QED) is 0.775. The van der Waals surface area contributed by atoms with Crippen LogP contribution >= 0.6 is 0 Å². The fraction of sp³-hybridized carbons (Fsp3) is 0.364. The third-order valence-corrected chi connectivity index (χ3v) is 2.14. The van der Waals surface area contributed by atoms with E-state index >= 15 is 0 Å². The molecule has 3 N–H and O–H groups in total. The number of rotatable bonds is 2. The van der Waals surface area contributed by atoms with E-state index < -0.39 is 5.60 Å². The van der Waals surface area contributed by atoms with Crippen molar-refractivity contribution in [2.24, 2.45) is 0 Å². The van der Waals surface area contributed by atoms with Crippen molar-refractivity contribution < 1.29 is 5.11 Å². The second-order valence-electron chi connectivity index (χ2n) is 4.45. The van der Waals surface area contributed by atoms with Crippen LogP contribution in [0, 0.1) is 0 Å². The lowest BCUT2D eigenvalue weighted by atomic mass is 10.0. The predicted octanol–water partition coefficient (Wildman–Crippen LogP) is 1.23. The van der Waals surface area contributed by atoms with E-state index in [1.807, 2.05) is 28.9 Å². The van der Waals surface area contributed by atoms with Gasteiger partial charge < -0.3 is 15.2 Å². The summed E-state index contributed by atoms with van der Waals surface area (Å²) >= 11 is 0. The minimum Gasteiger partial charge on any atom is -0.398 e. The van der Waals surface area contributed by atoms with Gasteiger partial charge in [-0.3, -0.25) is 0 Å². The molecule has 4 nitrogen and oxygen atoms in total. The molecule has 0 fully saturated rings. The van der Waals surface area contributed by atoms with E-state index in [4.69, 9.17) is 5.73 Å². The molecule has 0 saturated carbocycles. The first-order chi connectivity index (χ1) is 6.94. The van der Waals surface area contributed by atoms with Crippen LogP contribution in [-0.2, 0) is 6.42 Å². The van der Waals surface area contributed by atoms with Gasteiger partial charge in [0.25, 0.3) is 0 Å². The monoisotopic (exact) mass is 205 g/mol. The number of hydrogen-bond acceptors (Lipinski definition) is 3. The van der Waals surface area contributed by atoms with Gasteiger partial charge in [-0.05, 0) is 26.0 Å². The van der Waals surface area contributed by atoms with Gasteiger partial charge >= 0.3 is 0 Å². The molecule has 80 valence electrons. The Labute approximate surface area is 88.4 Å². The highest BCUT2D eigenvalue weighted by Crippen LogP contribution is 2.14. The van der Waals surface area contributed by atoms with E-state index in [2.05, 4.69) is 4.98 Å². The largest absolute Gasteiger partial charge is 0.398 e. The molecule has 4 heteroatoms. The molecule has 0 bridgehead atoms. The van der Waals surface area contributed by atoms with Crippen molar-refractivity contribution in [1.29, 1.82) is 0 Å². The summed E-state index contributed by atoms with van der Waals surface area (Å²) in [6.45, 7) is 3.54. The first-order valence-electron chi connectivity index (χ1n) is 4.89. The second-order valence-corrected chi connectivity index (χ2v) is 4.45. The molecule has 0 unspecified atom stereocenters. The van der Waals surface area contributed by atoms with Gasteiger partial charge in [0.1, 0.15) is 5.65 Å². The van der Waals surface area contributed by atoms with Crippen molar-refractivity contribution >= 4 is 11.3 Å². The van der Waals surface area contributed by atoms with E-state index in [-0.39, 0.29) is 0 Å². The number of nitrogen functional groups attached to an aromatic ring is 1. The molecule has 0 saturated heterocycles. The highest BCUT2D eigenvalue weighted by atomic mass is 16.3. The first-order valence-corrected chi connectivity index (χ1v) is 4.89. The zero-order chi connectivity index (χ0) is 11.1. The number of pyridine rings is 1. The molecular formula is C11H15N3O. The van der Waals surface area contributed by atoms with Crippen molar-refractivity contribution in [3.63, 3.8) is 0 Å². The van der Waals surface area contributed by atoms with E-state index in [1.54, 1.807) is 13.8 Å². The van der Waals surface area contributed by atoms with Crippen LogP contribution in [0.3, 0.4) is 0 Å². The van der Waals surface area contributed by atoms with Crippen LogP contribution in [0.15, 0.2) is 24.5 Å². The highest BCUT2D eigenvalue weighted by molar-refractivity contribution is 5.48. The number of anilines is 1. The zero-order valence-corrected chi connectivity index (χ0v) is 8.94. The molecule has 0 aliphatic carbocycles. The SMILES string of the molecule is CC(C)(O)Cc1cn2cc(N)ccc2n1. The normalized spacial score (nSPS) is 12.2. The van der Waals surface area contributed by atoms with Crippen molar-refractivity contribution in [2.45, 2.75) is 25.9 Å². The van der Waals surface area contributed by atoms with Crippen molar-refractivity contribution in [3.8, 4) is 0 Å². The number of nitrogens with zero attached hydrogens (tertiary/aromatic N) is 2. The van der Waals surface area contributed by atoms with Gasteiger partial charge in [-0.25, -0.2) is 4.98 Å². The smallest absolute Gasteiger partial charge is 0.137 e. The van der Waals surface area contributed by atoms with E-state index in [1.165, 1.54) is 0 Å². The lowest BCUT2D eigenvalue weighted by Gasteiger charge is -2.14. The topological polar surface area (TPSA) is 63.5 Å². The fourth-order valence-corrected chi connectivity index (χ4v) is 1.59. The molecule has 15 heavy (non-hydrogen) atoms. The van der Waals surface area contributed by atoms with Gasteiger partial charge in [-0.2, -0.15) is 0 Å². The molecule has 2 aromatic rings. The first kappa shape index (κ1) is 9.98. The molecular weight excluding hydrogens is 190 g/mol. The van der Waals surface area contributed by atoms with Crippen LogP contribution in [0.5, 0.6) is 0 Å². The maximum atomic E-state index is 9.68. The average Bonchev–Trinajstić information content (AvgIpc) is 2.42. The molecule has 0 aliphatic rings. The molecule has 2 rings (SSSR count). The Balaban J connectivity index is 2.39. The summed E-state index contributed by atoms with van der Waals surface area (Å²) in [5, 5.41) is 9.68. The molecule has 2 heterocycles. The summed E-state index contributed by atoms with van der Waals surface area (Å²) in [6, 6.07) is 3.68. The second kappa shape index (κ2) is 3.24. The van der Waals surface area contributed by atoms with E-state index in [0.717, 1.165) is 11.3 Å². The summed E-state index contributed by atoms with van der Waals surface area (Å²) in [5.74, 6) is 0. The molecule has 0 amide bonds.